The molecule has 0 spiro atoms. The molecule has 140 valence electrons. The van der Waals surface area contributed by atoms with Gasteiger partial charge in [0.2, 0.25) is 6.41 Å². The maximum atomic E-state index is 13.0. The Morgan fingerprint density at radius 2 is 2.15 bits per heavy atom. The first-order valence-corrected chi connectivity index (χ1v) is 8.94. The minimum atomic E-state index is -0.103. The van der Waals surface area contributed by atoms with Gasteiger partial charge in [0.15, 0.2) is 11.5 Å². The summed E-state index contributed by atoms with van der Waals surface area (Å²) >= 11 is 0. The number of unbranched alkanes of at least 4 members (excludes halogenated alkanes) is 1. The number of rotatable bonds is 9. The topological polar surface area (TPSA) is 84.5 Å². The van der Waals surface area contributed by atoms with Gasteiger partial charge in [-0.05, 0) is 32.6 Å². The van der Waals surface area contributed by atoms with Crippen LogP contribution in [0.5, 0.6) is 0 Å². The Hall–Kier alpha value is -2.64. The predicted molar refractivity (Wildman–Crippen MR) is 96.1 cm³/mol. The van der Waals surface area contributed by atoms with Gasteiger partial charge in [-0.15, -0.1) is 0 Å². The van der Waals surface area contributed by atoms with E-state index in [2.05, 4.69) is 10.1 Å². The second kappa shape index (κ2) is 7.72. The van der Waals surface area contributed by atoms with E-state index in [0.29, 0.717) is 30.5 Å². The smallest absolute Gasteiger partial charge is 0.274 e. The van der Waals surface area contributed by atoms with Crippen LogP contribution < -0.4 is 4.90 Å². The van der Waals surface area contributed by atoms with Crippen molar-refractivity contribution in [2.75, 3.05) is 25.5 Å². The fourth-order valence-electron chi connectivity index (χ4n) is 2.96. The van der Waals surface area contributed by atoms with Crippen molar-refractivity contribution in [2.45, 2.75) is 45.1 Å². The molecule has 1 aliphatic carbocycles. The molecule has 1 aliphatic rings. The SMILES string of the molecule is Cc1cc(CCCCN(C)C(=O)c2c(N(C)C=O)ncn2C2CC2)on1. The van der Waals surface area contributed by atoms with Gasteiger partial charge in [0.25, 0.3) is 5.91 Å². The second-order valence-electron chi connectivity index (χ2n) is 6.89. The molecule has 1 fully saturated rings. The Kier molecular flexibility index (Phi) is 5.39. The van der Waals surface area contributed by atoms with Gasteiger partial charge in [-0.3, -0.25) is 9.59 Å². The molecule has 0 unspecified atom stereocenters. The molecule has 8 heteroatoms. The summed E-state index contributed by atoms with van der Waals surface area (Å²) < 4.78 is 7.11. The number of carbonyl (C=O) groups is 2. The van der Waals surface area contributed by atoms with Crippen molar-refractivity contribution in [3.8, 4) is 0 Å². The summed E-state index contributed by atoms with van der Waals surface area (Å²) in [6.45, 7) is 2.53. The van der Waals surface area contributed by atoms with Crippen LogP contribution in [0.15, 0.2) is 16.9 Å². The minimum Gasteiger partial charge on any atom is -0.361 e. The molecule has 3 rings (SSSR count). The highest BCUT2D eigenvalue weighted by Gasteiger charge is 2.32. The van der Waals surface area contributed by atoms with Crippen LogP contribution in [0, 0.1) is 6.92 Å². The lowest BCUT2D eigenvalue weighted by atomic mass is 10.2. The van der Waals surface area contributed by atoms with Gasteiger partial charge in [-0.2, -0.15) is 0 Å². The van der Waals surface area contributed by atoms with Crippen LogP contribution in [-0.2, 0) is 11.2 Å². The third kappa shape index (κ3) is 3.95. The molecular formula is C18H25N5O3. The number of anilines is 1. The summed E-state index contributed by atoms with van der Waals surface area (Å²) in [5.74, 6) is 1.19. The number of amides is 2. The van der Waals surface area contributed by atoms with Crippen LogP contribution >= 0.6 is 0 Å². The largest absolute Gasteiger partial charge is 0.361 e. The Balaban J connectivity index is 1.60. The van der Waals surface area contributed by atoms with E-state index in [-0.39, 0.29) is 5.91 Å². The van der Waals surface area contributed by atoms with Crippen LogP contribution in [0.3, 0.4) is 0 Å². The highest BCUT2D eigenvalue weighted by molar-refractivity contribution is 5.99. The first-order valence-electron chi connectivity index (χ1n) is 8.94. The van der Waals surface area contributed by atoms with Gasteiger partial charge in [0.1, 0.15) is 5.76 Å². The Bertz CT molecular complexity index is 778. The monoisotopic (exact) mass is 359 g/mol. The maximum Gasteiger partial charge on any atom is 0.274 e. The molecule has 2 heterocycles. The van der Waals surface area contributed by atoms with Crippen molar-refractivity contribution in [2.24, 2.45) is 0 Å². The van der Waals surface area contributed by atoms with Crippen LogP contribution in [0.4, 0.5) is 5.82 Å². The van der Waals surface area contributed by atoms with Gasteiger partial charge < -0.3 is 18.9 Å². The van der Waals surface area contributed by atoms with Crippen molar-refractivity contribution < 1.29 is 14.1 Å². The van der Waals surface area contributed by atoms with E-state index in [4.69, 9.17) is 4.52 Å². The normalized spacial score (nSPS) is 13.7. The van der Waals surface area contributed by atoms with Crippen molar-refractivity contribution in [1.82, 2.24) is 19.6 Å². The van der Waals surface area contributed by atoms with Gasteiger partial charge >= 0.3 is 0 Å². The lowest BCUT2D eigenvalue weighted by Crippen LogP contribution is -2.31. The molecule has 26 heavy (non-hydrogen) atoms. The average Bonchev–Trinajstić information content (AvgIpc) is 3.25. The Labute approximate surface area is 152 Å². The molecule has 0 radical (unpaired) electrons. The summed E-state index contributed by atoms with van der Waals surface area (Å²) in [7, 11) is 3.40. The van der Waals surface area contributed by atoms with E-state index in [1.54, 1.807) is 25.3 Å². The fourth-order valence-corrected chi connectivity index (χ4v) is 2.96. The van der Waals surface area contributed by atoms with Crippen LogP contribution in [0.25, 0.3) is 0 Å². The average molecular weight is 359 g/mol. The van der Waals surface area contributed by atoms with Crippen LogP contribution in [0.1, 0.15) is 53.7 Å². The van der Waals surface area contributed by atoms with E-state index in [1.807, 2.05) is 17.6 Å². The van der Waals surface area contributed by atoms with Crippen molar-refractivity contribution in [1.29, 1.82) is 0 Å². The molecule has 8 nitrogen and oxygen atoms in total. The predicted octanol–water partition coefficient (Wildman–Crippen LogP) is 2.20. The lowest BCUT2D eigenvalue weighted by molar-refractivity contribution is -0.107. The molecule has 0 saturated heterocycles. The van der Waals surface area contributed by atoms with Crippen molar-refractivity contribution >= 4 is 18.1 Å². The summed E-state index contributed by atoms with van der Waals surface area (Å²) in [6, 6.07) is 2.25. The molecule has 0 aliphatic heterocycles. The van der Waals surface area contributed by atoms with E-state index in [9.17, 15) is 9.59 Å². The van der Waals surface area contributed by atoms with Crippen LogP contribution in [-0.4, -0.2) is 52.6 Å². The zero-order valence-corrected chi connectivity index (χ0v) is 15.5. The maximum absolute atomic E-state index is 13.0. The summed E-state index contributed by atoms with van der Waals surface area (Å²) in [4.78, 5) is 31.4. The number of hydrogen-bond acceptors (Lipinski definition) is 5. The van der Waals surface area contributed by atoms with E-state index < -0.39 is 0 Å². The van der Waals surface area contributed by atoms with Gasteiger partial charge in [0, 0.05) is 39.2 Å². The number of nitrogens with zero attached hydrogens (tertiary/aromatic N) is 5. The van der Waals surface area contributed by atoms with Crippen LogP contribution in [0.2, 0.25) is 0 Å². The first kappa shape index (κ1) is 18.2. The highest BCUT2D eigenvalue weighted by atomic mass is 16.5. The first-order chi connectivity index (χ1) is 12.5. The number of hydrogen-bond donors (Lipinski definition) is 0. The lowest BCUT2D eigenvalue weighted by Gasteiger charge is -2.20. The standard InChI is InChI=1S/C18H25N5O3/c1-13-10-15(26-20-13)6-4-5-9-21(2)18(25)16-17(22(3)12-24)19-11-23(16)14-7-8-14/h10-12,14H,4-9H2,1-3H3. The molecule has 1 saturated carbocycles. The molecule has 0 atom stereocenters. The van der Waals surface area contributed by atoms with Crippen molar-refractivity contribution in [3.05, 3.63) is 29.5 Å². The Morgan fingerprint density at radius 3 is 2.77 bits per heavy atom. The zero-order valence-electron chi connectivity index (χ0n) is 15.5. The summed E-state index contributed by atoms with van der Waals surface area (Å²) in [5.41, 5.74) is 1.38. The molecule has 2 aromatic rings. The summed E-state index contributed by atoms with van der Waals surface area (Å²) in [6.07, 6.45) is 7.01. The molecule has 0 bridgehead atoms. The third-order valence-electron chi connectivity index (χ3n) is 4.60. The van der Waals surface area contributed by atoms with E-state index in [0.717, 1.165) is 43.6 Å². The minimum absolute atomic E-state index is 0.103. The van der Waals surface area contributed by atoms with E-state index in [1.165, 1.54) is 4.90 Å². The molecule has 0 aromatic carbocycles. The van der Waals surface area contributed by atoms with Gasteiger partial charge in [0.05, 0.1) is 12.0 Å². The zero-order chi connectivity index (χ0) is 18.7. The number of aryl methyl sites for hydroxylation is 2. The second-order valence-corrected chi connectivity index (χ2v) is 6.89. The Morgan fingerprint density at radius 1 is 1.38 bits per heavy atom. The quantitative estimate of drug-likeness (QED) is 0.506. The highest BCUT2D eigenvalue weighted by Crippen LogP contribution is 2.38. The van der Waals surface area contributed by atoms with Crippen molar-refractivity contribution in [3.63, 3.8) is 0 Å². The number of aromatic nitrogens is 3. The molecule has 2 amide bonds. The van der Waals surface area contributed by atoms with E-state index >= 15 is 0 Å². The number of carbonyl (C=O) groups excluding carboxylic acids is 2. The summed E-state index contributed by atoms with van der Waals surface area (Å²) in [5, 5.41) is 3.88. The molecular weight excluding hydrogens is 334 g/mol. The van der Waals surface area contributed by atoms with Gasteiger partial charge in [-0.25, -0.2) is 4.98 Å². The fraction of sp³-hybridized carbons (Fsp3) is 0.556. The van der Waals surface area contributed by atoms with Gasteiger partial charge in [-0.1, -0.05) is 5.16 Å². The molecule has 0 N–H and O–H groups in total. The number of imidazole rings is 1. The molecule has 2 aromatic heterocycles. The third-order valence-corrected chi connectivity index (χ3v) is 4.60.